The molecule has 0 aromatic carbocycles. The van der Waals surface area contributed by atoms with Gasteiger partial charge in [-0.05, 0) is 38.4 Å². The van der Waals surface area contributed by atoms with Crippen LogP contribution in [0.5, 0.6) is 0 Å². The van der Waals surface area contributed by atoms with Gasteiger partial charge in [-0.3, -0.25) is 9.48 Å². The molecular weight excluding hydrogens is 280 g/mol. The molecule has 3 rings (SSSR count). The summed E-state index contributed by atoms with van der Waals surface area (Å²) in [6.45, 7) is 5.97. The molecule has 2 aliphatic rings. The number of carbonyl (C=O) groups excluding carboxylic acids is 1. The van der Waals surface area contributed by atoms with Crippen LogP contribution >= 0.6 is 0 Å². The van der Waals surface area contributed by atoms with Crippen LogP contribution in [0, 0.1) is 5.41 Å². The Hall–Kier alpha value is -1.40. The zero-order chi connectivity index (χ0) is 15.8. The molecule has 2 N–H and O–H groups in total. The van der Waals surface area contributed by atoms with E-state index in [9.17, 15) is 4.79 Å². The molecule has 0 radical (unpaired) electrons. The number of aromatic nitrogens is 2. The molecule has 1 aliphatic carbocycles. The molecule has 1 aliphatic heterocycles. The van der Waals surface area contributed by atoms with Crippen molar-refractivity contribution in [3.05, 3.63) is 18.5 Å². The van der Waals surface area contributed by atoms with E-state index in [1.165, 1.54) is 0 Å². The summed E-state index contributed by atoms with van der Waals surface area (Å²) in [6.07, 6.45) is 6.26. The SMILES string of the molecule is COC1CC(NC(=O)C2(n3cccn3)CCNCC2)C1(C)C. The molecule has 2 unspecified atom stereocenters. The highest BCUT2D eigenvalue weighted by Gasteiger charge is 2.51. The molecule has 0 spiro atoms. The predicted octanol–water partition coefficient (Wildman–Crippen LogP) is 0.891. The van der Waals surface area contributed by atoms with E-state index in [1.807, 2.05) is 16.9 Å². The minimum absolute atomic E-state index is 0.0252. The number of hydrogen-bond donors (Lipinski definition) is 2. The number of amides is 1. The van der Waals surface area contributed by atoms with Crippen molar-refractivity contribution < 1.29 is 9.53 Å². The fourth-order valence-corrected chi connectivity index (χ4v) is 3.75. The zero-order valence-corrected chi connectivity index (χ0v) is 13.6. The van der Waals surface area contributed by atoms with Gasteiger partial charge in [0, 0.05) is 31.0 Å². The Morgan fingerprint density at radius 2 is 2.14 bits per heavy atom. The minimum atomic E-state index is -0.566. The zero-order valence-electron chi connectivity index (χ0n) is 13.6. The van der Waals surface area contributed by atoms with Crippen LogP contribution in [0.1, 0.15) is 33.1 Å². The van der Waals surface area contributed by atoms with Crippen molar-refractivity contribution in [2.45, 2.75) is 50.8 Å². The van der Waals surface area contributed by atoms with E-state index in [-0.39, 0.29) is 23.5 Å². The second kappa shape index (κ2) is 5.66. The summed E-state index contributed by atoms with van der Waals surface area (Å²) in [7, 11) is 1.74. The number of rotatable bonds is 4. The van der Waals surface area contributed by atoms with Gasteiger partial charge in [-0.1, -0.05) is 13.8 Å². The van der Waals surface area contributed by atoms with Gasteiger partial charge in [0.1, 0.15) is 5.54 Å². The molecule has 0 bridgehead atoms. The normalized spacial score (nSPS) is 29.6. The minimum Gasteiger partial charge on any atom is -0.381 e. The largest absolute Gasteiger partial charge is 0.381 e. The van der Waals surface area contributed by atoms with E-state index in [1.54, 1.807) is 13.3 Å². The molecule has 22 heavy (non-hydrogen) atoms. The molecule has 6 heteroatoms. The van der Waals surface area contributed by atoms with Crippen molar-refractivity contribution in [2.75, 3.05) is 20.2 Å². The van der Waals surface area contributed by atoms with Gasteiger partial charge in [-0.25, -0.2) is 0 Å². The summed E-state index contributed by atoms with van der Waals surface area (Å²) in [6, 6.07) is 2.04. The van der Waals surface area contributed by atoms with Crippen LogP contribution in [0.4, 0.5) is 0 Å². The summed E-state index contributed by atoms with van der Waals surface area (Å²) < 4.78 is 7.31. The van der Waals surface area contributed by atoms with Crippen molar-refractivity contribution in [3.63, 3.8) is 0 Å². The van der Waals surface area contributed by atoms with Crippen LogP contribution in [0.15, 0.2) is 18.5 Å². The van der Waals surface area contributed by atoms with E-state index in [0.717, 1.165) is 32.4 Å². The van der Waals surface area contributed by atoms with Crippen molar-refractivity contribution in [1.29, 1.82) is 0 Å². The lowest BCUT2D eigenvalue weighted by molar-refractivity contribution is -0.142. The van der Waals surface area contributed by atoms with Crippen LogP contribution in [0.3, 0.4) is 0 Å². The molecule has 1 saturated carbocycles. The molecular formula is C16H26N4O2. The first-order chi connectivity index (χ1) is 10.5. The quantitative estimate of drug-likeness (QED) is 0.867. The molecule has 122 valence electrons. The molecule has 1 amide bonds. The standard InChI is InChI=1S/C16H26N4O2/c1-15(2)12(11-13(15)22-3)19-14(21)16(5-8-17-9-6-16)20-10-4-7-18-20/h4,7,10,12-13,17H,5-6,8-9,11H2,1-3H3,(H,19,21). The summed E-state index contributed by atoms with van der Waals surface area (Å²) in [5.41, 5.74) is -0.592. The Balaban J connectivity index is 1.77. The first kappa shape index (κ1) is 15.5. The van der Waals surface area contributed by atoms with Crippen molar-refractivity contribution in [3.8, 4) is 0 Å². The second-order valence-electron chi connectivity index (χ2n) is 7.04. The third-order valence-electron chi connectivity index (χ3n) is 5.56. The number of methoxy groups -OCH3 is 1. The lowest BCUT2D eigenvalue weighted by Crippen LogP contribution is -2.65. The highest BCUT2D eigenvalue weighted by Crippen LogP contribution is 2.43. The second-order valence-corrected chi connectivity index (χ2v) is 7.04. The molecule has 6 nitrogen and oxygen atoms in total. The van der Waals surface area contributed by atoms with Crippen LogP contribution in [-0.2, 0) is 15.1 Å². The van der Waals surface area contributed by atoms with E-state index >= 15 is 0 Å². The maximum atomic E-state index is 13.1. The predicted molar refractivity (Wildman–Crippen MR) is 83.4 cm³/mol. The monoisotopic (exact) mass is 306 g/mol. The lowest BCUT2D eigenvalue weighted by atomic mass is 9.64. The van der Waals surface area contributed by atoms with Crippen molar-refractivity contribution >= 4 is 5.91 Å². The Labute approximate surface area is 131 Å². The van der Waals surface area contributed by atoms with E-state index in [0.29, 0.717) is 0 Å². The smallest absolute Gasteiger partial charge is 0.248 e. The van der Waals surface area contributed by atoms with Crippen LogP contribution in [-0.4, -0.2) is 48.0 Å². The van der Waals surface area contributed by atoms with E-state index < -0.39 is 5.54 Å². The van der Waals surface area contributed by atoms with Crippen LogP contribution in [0.25, 0.3) is 0 Å². The molecule has 2 atom stereocenters. The number of nitrogens with zero attached hydrogens (tertiary/aromatic N) is 2. The van der Waals surface area contributed by atoms with Crippen LogP contribution < -0.4 is 10.6 Å². The summed E-state index contributed by atoms with van der Waals surface area (Å²) in [5.74, 6) is 0.0883. The summed E-state index contributed by atoms with van der Waals surface area (Å²) >= 11 is 0. The molecule has 1 aromatic rings. The molecule has 2 fully saturated rings. The Bertz CT molecular complexity index is 520. The first-order valence-corrected chi connectivity index (χ1v) is 8.05. The molecule has 1 saturated heterocycles. The van der Waals surface area contributed by atoms with Gasteiger partial charge >= 0.3 is 0 Å². The molecule has 1 aromatic heterocycles. The first-order valence-electron chi connectivity index (χ1n) is 8.05. The van der Waals surface area contributed by atoms with Gasteiger partial charge in [0.05, 0.1) is 6.10 Å². The average molecular weight is 306 g/mol. The Morgan fingerprint density at radius 1 is 1.41 bits per heavy atom. The third-order valence-corrected chi connectivity index (χ3v) is 5.56. The lowest BCUT2D eigenvalue weighted by Gasteiger charge is -2.52. The van der Waals surface area contributed by atoms with Gasteiger partial charge in [0.15, 0.2) is 0 Å². The third kappa shape index (κ3) is 2.34. The average Bonchev–Trinajstić information content (AvgIpc) is 3.06. The van der Waals surface area contributed by atoms with Crippen LogP contribution in [0.2, 0.25) is 0 Å². The highest BCUT2D eigenvalue weighted by molar-refractivity contribution is 5.85. The summed E-state index contributed by atoms with van der Waals surface area (Å²) in [5, 5.41) is 10.9. The van der Waals surface area contributed by atoms with E-state index in [2.05, 4.69) is 29.6 Å². The van der Waals surface area contributed by atoms with Gasteiger partial charge in [-0.15, -0.1) is 0 Å². The summed E-state index contributed by atoms with van der Waals surface area (Å²) in [4.78, 5) is 13.1. The molecule has 2 heterocycles. The highest BCUT2D eigenvalue weighted by atomic mass is 16.5. The Morgan fingerprint density at radius 3 is 2.68 bits per heavy atom. The fourth-order valence-electron chi connectivity index (χ4n) is 3.75. The number of hydrogen-bond acceptors (Lipinski definition) is 4. The van der Waals surface area contributed by atoms with Gasteiger partial charge in [0.25, 0.3) is 0 Å². The van der Waals surface area contributed by atoms with Gasteiger partial charge in [0.2, 0.25) is 5.91 Å². The van der Waals surface area contributed by atoms with Gasteiger partial charge < -0.3 is 15.4 Å². The number of ether oxygens (including phenoxy) is 1. The Kier molecular flexibility index (Phi) is 3.99. The topological polar surface area (TPSA) is 68.2 Å². The van der Waals surface area contributed by atoms with Crippen molar-refractivity contribution in [1.82, 2.24) is 20.4 Å². The fraction of sp³-hybridized carbons (Fsp3) is 0.750. The maximum absolute atomic E-state index is 13.1. The van der Waals surface area contributed by atoms with Crippen molar-refractivity contribution in [2.24, 2.45) is 5.41 Å². The number of piperidine rings is 1. The number of carbonyl (C=O) groups is 1. The van der Waals surface area contributed by atoms with Gasteiger partial charge in [-0.2, -0.15) is 5.10 Å². The maximum Gasteiger partial charge on any atom is 0.248 e. The van der Waals surface area contributed by atoms with E-state index in [4.69, 9.17) is 4.74 Å². The number of nitrogens with one attached hydrogen (secondary N) is 2.